The lowest BCUT2D eigenvalue weighted by Crippen LogP contribution is -2.02. The monoisotopic (exact) mass is 218 g/mol. The van der Waals surface area contributed by atoms with E-state index in [0.717, 1.165) is 12.1 Å². The number of halogens is 3. The Balaban J connectivity index is 3.37. The summed E-state index contributed by atoms with van der Waals surface area (Å²) >= 11 is 0. The maximum atomic E-state index is 13.1. The molecule has 0 fully saturated rings. The molecule has 0 spiro atoms. The van der Waals surface area contributed by atoms with Crippen LogP contribution in [-0.2, 0) is 0 Å². The van der Waals surface area contributed by atoms with E-state index in [1.165, 1.54) is 14.0 Å². The molecule has 0 aliphatic carbocycles. The second kappa shape index (κ2) is 4.33. The van der Waals surface area contributed by atoms with Gasteiger partial charge in [-0.3, -0.25) is 4.79 Å². The van der Waals surface area contributed by atoms with Crippen molar-refractivity contribution in [3.8, 4) is 5.75 Å². The van der Waals surface area contributed by atoms with Gasteiger partial charge in [-0.1, -0.05) is 0 Å². The summed E-state index contributed by atoms with van der Waals surface area (Å²) in [4.78, 5) is 11.1. The number of hydrogen-bond acceptors (Lipinski definition) is 2. The van der Waals surface area contributed by atoms with Crippen molar-refractivity contribution in [1.82, 2.24) is 0 Å². The standard InChI is InChI=1S/C10H9F3O2/c1-5(14)6-3-7(10(12)13)8(11)4-9(6)15-2/h3-4,10H,1-2H3. The van der Waals surface area contributed by atoms with Gasteiger partial charge in [-0.2, -0.15) is 0 Å². The van der Waals surface area contributed by atoms with Crippen LogP contribution >= 0.6 is 0 Å². The molecule has 0 bridgehead atoms. The number of hydrogen-bond donors (Lipinski definition) is 0. The first-order chi connectivity index (χ1) is 6.97. The maximum Gasteiger partial charge on any atom is 0.266 e. The number of carbonyl (C=O) groups excluding carboxylic acids is 1. The van der Waals surface area contributed by atoms with Crippen LogP contribution in [-0.4, -0.2) is 12.9 Å². The largest absolute Gasteiger partial charge is 0.496 e. The highest BCUT2D eigenvalue weighted by Gasteiger charge is 2.19. The average molecular weight is 218 g/mol. The van der Waals surface area contributed by atoms with Crippen LogP contribution in [0.25, 0.3) is 0 Å². The van der Waals surface area contributed by atoms with Gasteiger partial charge in [0.2, 0.25) is 0 Å². The van der Waals surface area contributed by atoms with Crippen LogP contribution in [0.4, 0.5) is 13.2 Å². The van der Waals surface area contributed by atoms with Crippen molar-refractivity contribution in [3.63, 3.8) is 0 Å². The molecule has 0 N–H and O–H groups in total. The third-order valence-electron chi connectivity index (χ3n) is 1.93. The number of ether oxygens (including phenoxy) is 1. The highest BCUT2D eigenvalue weighted by atomic mass is 19.3. The molecule has 1 aromatic carbocycles. The highest BCUT2D eigenvalue weighted by molar-refractivity contribution is 5.97. The molecule has 15 heavy (non-hydrogen) atoms. The number of alkyl halides is 2. The van der Waals surface area contributed by atoms with Gasteiger partial charge in [0.15, 0.2) is 5.78 Å². The van der Waals surface area contributed by atoms with Crippen molar-refractivity contribution in [1.29, 1.82) is 0 Å². The quantitative estimate of drug-likeness (QED) is 0.729. The SMILES string of the molecule is COc1cc(F)c(C(F)F)cc1C(C)=O. The second-order valence-electron chi connectivity index (χ2n) is 2.93. The number of carbonyl (C=O) groups is 1. The molecule has 0 amide bonds. The number of ketones is 1. The molecule has 1 aromatic rings. The number of Topliss-reactive ketones (excluding diaryl/α,β-unsaturated/α-hetero) is 1. The fourth-order valence-corrected chi connectivity index (χ4v) is 1.18. The Morgan fingerprint density at radius 3 is 2.40 bits per heavy atom. The summed E-state index contributed by atoms with van der Waals surface area (Å²) in [5.74, 6) is -1.56. The second-order valence-corrected chi connectivity index (χ2v) is 2.93. The van der Waals surface area contributed by atoms with Crippen molar-refractivity contribution >= 4 is 5.78 Å². The van der Waals surface area contributed by atoms with Crippen molar-refractivity contribution < 1.29 is 22.7 Å². The highest BCUT2D eigenvalue weighted by Crippen LogP contribution is 2.29. The molecule has 0 atom stereocenters. The zero-order valence-electron chi connectivity index (χ0n) is 8.18. The van der Waals surface area contributed by atoms with E-state index in [1.54, 1.807) is 0 Å². The van der Waals surface area contributed by atoms with E-state index in [0.29, 0.717) is 0 Å². The smallest absolute Gasteiger partial charge is 0.266 e. The normalized spacial score (nSPS) is 10.5. The first-order valence-electron chi connectivity index (χ1n) is 4.14. The van der Waals surface area contributed by atoms with E-state index < -0.39 is 23.6 Å². The Bertz CT molecular complexity index is 388. The zero-order chi connectivity index (χ0) is 11.6. The molecule has 0 heterocycles. The van der Waals surface area contributed by atoms with E-state index in [4.69, 9.17) is 4.74 Å². The van der Waals surface area contributed by atoms with Gasteiger partial charge in [0.1, 0.15) is 11.6 Å². The predicted octanol–water partition coefficient (Wildman–Crippen LogP) is 2.97. The Morgan fingerprint density at radius 2 is 2.00 bits per heavy atom. The molecular formula is C10H9F3O2. The lowest BCUT2D eigenvalue weighted by atomic mass is 10.1. The van der Waals surface area contributed by atoms with Crippen LogP contribution < -0.4 is 4.74 Å². The van der Waals surface area contributed by atoms with E-state index in [9.17, 15) is 18.0 Å². The number of methoxy groups -OCH3 is 1. The Labute approximate surface area is 84.7 Å². The predicted molar refractivity (Wildman–Crippen MR) is 47.9 cm³/mol. The molecule has 0 saturated heterocycles. The Kier molecular flexibility index (Phi) is 3.34. The fourth-order valence-electron chi connectivity index (χ4n) is 1.18. The van der Waals surface area contributed by atoms with E-state index in [2.05, 4.69) is 0 Å². The molecule has 5 heteroatoms. The summed E-state index contributed by atoms with van der Waals surface area (Å²) < 4.78 is 42.4. The third kappa shape index (κ3) is 2.29. The van der Waals surface area contributed by atoms with Gasteiger partial charge in [-0.15, -0.1) is 0 Å². The molecule has 0 radical (unpaired) electrons. The Morgan fingerprint density at radius 1 is 1.40 bits per heavy atom. The van der Waals surface area contributed by atoms with Crippen LogP contribution in [0.1, 0.15) is 29.3 Å². The van der Waals surface area contributed by atoms with Crippen LogP contribution in [0.15, 0.2) is 12.1 Å². The number of benzene rings is 1. The summed E-state index contributed by atoms with van der Waals surface area (Å²) in [5, 5.41) is 0. The lowest BCUT2D eigenvalue weighted by molar-refractivity contribution is 0.101. The average Bonchev–Trinajstić information content (AvgIpc) is 2.16. The van der Waals surface area contributed by atoms with Crippen molar-refractivity contribution in [2.75, 3.05) is 7.11 Å². The topological polar surface area (TPSA) is 26.3 Å². The molecule has 0 aromatic heterocycles. The van der Waals surface area contributed by atoms with Gasteiger partial charge in [-0.25, -0.2) is 13.2 Å². The van der Waals surface area contributed by atoms with Crippen molar-refractivity contribution in [2.45, 2.75) is 13.3 Å². The number of rotatable bonds is 3. The van der Waals surface area contributed by atoms with Crippen molar-refractivity contribution in [3.05, 3.63) is 29.1 Å². The molecule has 0 aliphatic heterocycles. The summed E-state index contributed by atoms with van der Waals surface area (Å²) in [6.45, 7) is 1.20. The minimum absolute atomic E-state index is 0.0376. The van der Waals surface area contributed by atoms with E-state index in [1.807, 2.05) is 0 Å². The van der Waals surface area contributed by atoms with Gasteiger partial charge in [0, 0.05) is 6.07 Å². The molecule has 0 aliphatic rings. The first kappa shape index (κ1) is 11.6. The van der Waals surface area contributed by atoms with Gasteiger partial charge < -0.3 is 4.74 Å². The van der Waals surface area contributed by atoms with Crippen molar-refractivity contribution in [2.24, 2.45) is 0 Å². The maximum absolute atomic E-state index is 13.1. The Hall–Kier alpha value is -1.52. The van der Waals surface area contributed by atoms with E-state index >= 15 is 0 Å². The van der Waals surface area contributed by atoms with Crippen LogP contribution in [0.2, 0.25) is 0 Å². The lowest BCUT2D eigenvalue weighted by Gasteiger charge is -2.09. The summed E-state index contributed by atoms with van der Waals surface area (Å²) in [7, 11) is 1.24. The van der Waals surface area contributed by atoms with Crippen LogP contribution in [0.3, 0.4) is 0 Å². The molecule has 0 saturated carbocycles. The van der Waals surface area contributed by atoms with Gasteiger partial charge >= 0.3 is 0 Å². The fraction of sp³-hybridized carbons (Fsp3) is 0.300. The summed E-state index contributed by atoms with van der Waals surface area (Å²) in [5.41, 5.74) is -0.838. The van der Waals surface area contributed by atoms with Gasteiger partial charge in [0.05, 0.1) is 18.2 Å². The summed E-state index contributed by atoms with van der Waals surface area (Å²) in [6.07, 6.45) is -2.95. The van der Waals surface area contributed by atoms with E-state index in [-0.39, 0.29) is 11.3 Å². The van der Waals surface area contributed by atoms with Gasteiger partial charge in [-0.05, 0) is 13.0 Å². The molecular weight excluding hydrogens is 209 g/mol. The minimum Gasteiger partial charge on any atom is -0.496 e. The molecule has 0 unspecified atom stereocenters. The molecule has 1 rings (SSSR count). The zero-order valence-corrected chi connectivity index (χ0v) is 8.18. The summed E-state index contributed by atoms with van der Waals surface area (Å²) in [6, 6.07) is 1.61. The molecule has 82 valence electrons. The van der Waals surface area contributed by atoms with Crippen LogP contribution in [0, 0.1) is 5.82 Å². The minimum atomic E-state index is -2.95. The molecule has 2 nitrogen and oxygen atoms in total. The van der Waals surface area contributed by atoms with Gasteiger partial charge in [0.25, 0.3) is 6.43 Å². The first-order valence-corrected chi connectivity index (χ1v) is 4.14. The van der Waals surface area contributed by atoms with Crippen LogP contribution in [0.5, 0.6) is 5.75 Å². The third-order valence-corrected chi connectivity index (χ3v) is 1.93.